The first kappa shape index (κ1) is 16.6. The summed E-state index contributed by atoms with van der Waals surface area (Å²) in [6.45, 7) is 3.91. The minimum absolute atomic E-state index is 0.0457. The number of rotatable bonds is 6. The maximum absolute atomic E-state index is 11.9. The molecule has 0 aliphatic rings. The van der Waals surface area contributed by atoms with Gasteiger partial charge in [0.15, 0.2) is 0 Å². The van der Waals surface area contributed by atoms with Crippen molar-refractivity contribution in [1.82, 2.24) is 10.3 Å². The molecule has 0 aliphatic carbocycles. The summed E-state index contributed by atoms with van der Waals surface area (Å²) in [6.07, 6.45) is -0.802. The molecular formula is C17H19N3O3. The van der Waals surface area contributed by atoms with Crippen LogP contribution in [0.15, 0.2) is 36.4 Å². The first-order valence-electron chi connectivity index (χ1n) is 7.31. The van der Waals surface area contributed by atoms with Crippen LogP contribution in [0.3, 0.4) is 0 Å². The molecule has 3 N–H and O–H groups in total. The third kappa shape index (κ3) is 4.59. The Hall–Kier alpha value is -2.78. The average Bonchev–Trinajstić information content (AvgIpc) is 3.01. The summed E-state index contributed by atoms with van der Waals surface area (Å²) in [5.41, 5.74) is 1.26. The number of carbonyl (C=O) groups excluding carboxylic acids is 1. The normalized spacial score (nSPS) is 11.8. The van der Waals surface area contributed by atoms with Crippen LogP contribution in [0.25, 0.3) is 0 Å². The summed E-state index contributed by atoms with van der Waals surface area (Å²) in [4.78, 5) is 14.6. The summed E-state index contributed by atoms with van der Waals surface area (Å²) < 4.78 is 5.58. The zero-order valence-corrected chi connectivity index (χ0v) is 13.0. The SMILES string of the molecule is CC(C)Oc1cccc(C(O)CNC(=O)c2ccc(C#N)[nH]2)c1. The molecule has 6 nitrogen and oxygen atoms in total. The van der Waals surface area contributed by atoms with E-state index in [0.717, 1.165) is 0 Å². The lowest BCUT2D eigenvalue weighted by Crippen LogP contribution is -2.28. The predicted octanol–water partition coefficient (Wildman–Crippen LogP) is 2.14. The summed E-state index contributed by atoms with van der Waals surface area (Å²) >= 11 is 0. The molecule has 6 heteroatoms. The number of amides is 1. The van der Waals surface area contributed by atoms with Crippen LogP contribution in [0.5, 0.6) is 5.75 Å². The van der Waals surface area contributed by atoms with Gasteiger partial charge in [-0.25, -0.2) is 0 Å². The van der Waals surface area contributed by atoms with Crippen molar-refractivity contribution >= 4 is 5.91 Å². The Bertz CT molecular complexity index is 716. The highest BCUT2D eigenvalue weighted by Crippen LogP contribution is 2.20. The van der Waals surface area contributed by atoms with Gasteiger partial charge < -0.3 is 20.1 Å². The molecule has 0 spiro atoms. The van der Waals surface area contributed by atoms with E-state index in [4.69, 9.17) is 10.00 Å². The van der Waals surface area contributed by atoms with Crippen molar-refractivity contribution in [2.45, 2.75) is 26.1 Å². The lowest BCUT2D eigenvalue weighted by molar-refractivity contribution is 0.0912. The lowest BCUT2D eigenvalue weighted by atomic mass is 10.1. The second-order valence-corrected chi connectivity index (χ2v) is 5.36. The maximum atomic E-state index is 11.9. The van der Waals surface area contributed by atoms with Gasteiger partial charge in [-0.3, -0.25) is 4.79 Å². The van der Waals surface area contributed by atoms with Crippen molar-refractivity contribution in [3.05, 3.63) is 53.3 Å². The van der Waals surface area contributed by atoms with Crippen LogP contribution in [0, 0.1) is 11.3 Å². The Balaban J connectivity index is 1.95. The van der Waals surface area contributed by atoms with E-state index in [2.05, 4.69) is 10.3 Å². The van der Waals surface area contributed by atoms with Gasteiger partial charge in [0.25, 0.3) is 5.91 Å². The van der Waals surface area contributed by atoms with Crippen LogP contribution in [-0.4, -0.2) is 28.6 Å². The molecular weight excluding hydrogens is 294 g/mol. The summed E-state index contributed by atoms with van der Waals surface area (Å²) in [6, 6.07) is 12.1. The number of benzene rings is 1. The number of aromatic nitrogens is 1. The highest BCUT2D eigenvalue weighted by atomic mass is 16.5. The number of nitrogens with one attached hydrogen (secondary N) is 2. The van der Waals surface area contributed by atoms with Crippen LogP contribution in [0.1, 0.15) is 41.7 Å². The molecule has 1 amide bonds. The van der Waals surface area contributed by atoms with Crippen molar-refractivity contribution in [2.75, 3.05) is 6.54 Å². The second-order valence-electron chi connectivity index (χ2n) is 5.36. The Labute approximate surface area is 134 Å². The van der Waals surface area contributed by atoms with E-state index in [0.29, 0.717) is 17.0 Å². The molecule has 0 fully saturated rings. The van der Waals surface area contributed by atoms with Crippen LogP contribution in [-0.2, 0) is 0 Å². The molecule has 1 atom stereocenters. The number of carbonyl (C=O) groups is 1. The lowest BCUT2D eigenvalue weighted by Gasteiger charge is -2.15. The topological polar surface area (TPSA) is 98.1 Å². The van der Waals surface area contributed by atoms with E-state index in [1.165, 1.54) is 12.1 Å². The molecule has 2 rings (SSSR count). The Morgan fingerprint density at radius 2 is 2.17 bits per heavy atom. The number of hydrogen-bond donors (Lipinski definition) is 3. The fraction of sp³-hybridized carbons (Fsp3) is 0.294. The maximum Gasteiger partial charge on any atom is 0.267 e. The molecule has 1 aromatic carbocycles. The minimum atomic E-state index is -0.847. The quantitative estimate of drug-likeness (QED) is 0.761. The monoisotopic (exact) mass is 313 g/mol. The Kier molecular flexibility index (Phi) is 5.39. The molecule has 0 saturated carbocycles. The number of nitriles is 1. The fourth-order valence-electron chi connectivity index (χ4n) is 2.06. The summed E-state index contributed by atoms with van der Waals surface area (Å²) in [5, 5.41) is 21.5. The van der Waals surface area contributed by atoms with Gasteiger partial charge in [-0.2, -0.15) is 5.26 Å². The zero-order chi connectivity index (χ0) is 16.8. The molecule has 0 aliphatic heterocycles. The van der Waals surface area contributed by atoms with Gasteiger partial charge in [-0.05, 0) is 43.7 Å². The van der Waals surface area contributed by atoms with Crippen molar-refractivity contribution in [3.63, 3.8) is 0 Å². The summed E-state index contributed by atoms with van der Waals surface area (Å²) in [7, 11) is 0. The molecule has 23 heavy (non-hydrogen) atoms. The van der Waals surface area contributed by atoms with Crippen LogP contribution < -0.4 is 10.1 Å². The van der Waals surface area contributed by atoms with E-state index in [-0.39, 0.29) is 24.2 Å². The highest BCUT2D eigenvalue weighted by molar-refractivity contribution is 5.92. The Morgan fingerprint density at radius 3 is 2.83 bits per heavy atom. The molecule has 0 saturated heterocycles. The van der Waals surface area contributed by atoms with E-state index in [1.54, 1.807) is 18.2 Å². The van der Waals surface area contributed by atoms with Gasteiger partial charge in [-0.1, -0.05) is 12.1 Å². The van der Waals surface area contributed by atoms with Crippen molar-refractivity contribution < 1.29 is 14.6 Å². The smallest absolute Gasteiger partial charge is 0.267 e. The van der Waals surface area contributed by atoms with Gasteiger partial charge in [0, 0.05) is 6.54 Å². The molecule has 2 aromatic rings. The van der Waals surface area contributed by atoms with Crippen molar-refractivity contribution in [1.29, 1.82) is 5.26 Å². The van der Waals surface area contributed by atoms with Gasteiger partial charge in [0.05, 0.1) is 12.2 Å². The zero-order valence-electron chi connectivity index (χ0n) is 13.0. The van der Waals surface area contributed by atoms with Crippen LogP contribution in [0.4, 0.5) is 0 Å². The second kappa shape index (κ2) is 7.47. The number of aromatic amines is 1. The highest BCUT2D eigenvalue weighted by Gasteiger charge is 2.13. The third-order valence-electron chi connectivity index (χ3n) is 3.12. The molecule has 1 unspecified atom stereocenters. The van der Waals surface area contributed by atoms with Crippen LogP contribution in [0.2, 0.25) is 0 Å². The minimum Gasteiger partial charge on any atom is -0.491 e. The van der Waals surface area contributed by atoms with E-state index in [9.17, 15) is 9.90 Å². The van der Waals surface area contributed by atoms with Crippen molar-refractivity contribution in [2.24, 2.45) is 0 Å². The van der Waals surface area contributed by atoms with E-state index in [1.807, 2.05) is 26.0 Å². The first-order chi connectivity index (χ1) is 11.0. The number of aliphatic hydroxyl groups is 1. The molecule has 0 bridgehead atoms. The van der Waals surface area contributed by atoms with Crippen molar-refractivity contribution in [3.8, 4) is 11.8 Å². The number of H-pyrrole nitrogens is 1. The van der Waals surface area contributed by atoms with E-state index >= 15 is 0 Å². The Morgan fingerprint density at radius 1 is 1.39 bits per heavy atom. The largest absolute Gasteiger partial charge is 0.491 e. The van der Waals surface area contributed by atoms with Gasteiger partial charge in [-0.15, -0.1) is 0 Å². The fourth-order valence-corrected chi connectivity index (χ4v) is 2.06. The summed E-state index contributed by atoms with van der Waals surface area (Å²) in [5.74, 6) is 0.297. The standard InChI is InChI=1S/C17H19N3O3/c1-11(2)23-14-5-3-4-12(8-14)16(21)10-19-17(22)15-7-6-13(9-18)20-15/h3-8,11,16,20-21H,10H2,1-2H3,(H,19,22). The van der Waals surface area contributed by atoms with Gasteiger partial charge >= 0.3 is 0 Å². The van der Waals surface area contributed by atoms with Gasteiger partial charge in [0.2, 0.25) is 0 Å². The predicted molar refractivity (Wildman–Crippen MR) is 85.0 cm³/mol. The molecule has 120 valence electrons. The van der Waals surface area contributed by atoms with Crippen LogP contribution >= 0.6 is 0 Å². The number of nitrogens with zero attached hydrogens (tertiary/aromatic N) is 1. The average molecular weight is 313 g/mol. The first-order valence-corrected chi connectivity index (χ1v) is 7.31. The number of hydrogen-bond acceptors (Lipinski definition) is 4. The molecule has 1 heterocycles. The number of aliphatic hydroxyl groups excluding tert-OH is 1. The molecule has 0 radical (unpaired) electrons. The number of ether oxygens (including phenoxy) is 1. The molecule has 1 aromatic heterocycles. The van der Waals surface area contributed by atoms with Gasteiger partial charge in [0.1, 0.15) is 23.2 Å². The third-order valence-corrected chi connectivity index (χ3v) is 3.12. The van der Waals surface area contributed by atoms with E-state index < -0.39 is 6.10 Å².